The molecule has 10 heteroatoms. The van der Waals surface area contributed by atoms with Crippen molar-refractivity contribution in [1.82, 2.24) is 10.2 Å². The summed E-state index contributed by atoms with van der Waals surface area (Å²) in [5, 5.41) is 6.35. The van der Waals surface area contributed by atoms with E-state index in [2.05, 4.69) is 5.32 Å². The summed E-state index contributed by atoms with van der Waals surface area (Å²) in [6, 6.07) is 17.1. The summed E-state index contributed by atoms with van der Waals surface area (Å²) in [4.78, 5) is 51.7. The zero-order chi connectivity index (χ0) is 26.8. The Bertz CT molecular complexity index is 1600. The van der Waals surface area contributed by atoms with Crippen molar-refractivity contribution in [2.24, 2.45) is 0 Å². The molecule has 4 aromatic carbocycles. The molecule has 0 aromatic heterocycles. The molecule has 4 aromatic rings. The van der Waals surface area contributed by atoms with Crippen molar-refractivity contribution < 1.29 is 19.2 Å². The fourth-order valence-electron chi connectivity index (χ4n) is 4.55. The Hall–Kier alpha value is -3.04. The van der Waals surface area contributed by atoms with E-state index in [-0.39, 0.29) is 24.3 Å². The average molecular weight is 584 g/mol. The van der Waals surface area contributed by atoms with Crippen LogP contribution in [0.3, 0.4) is 0 Å². The summed E-state index contributed by atoms with van der Waals surface area (Å²) < 4.78 is 0. The van der Waals surface area contributed by atoms with Gasteiger partial charge in [0.15, 0.2) is 6.29 Å². The molecule has 0 saturated heterocycles. The summed E-state index contributed by atoms with van der Waals surface area (Å²) in [5.74, 6) is 0.227. The highest BCUT2D eigenvalue weighted by Crippen LogP contribution is 2.34. The van der Waals surface area contributed by atoms with Crippen LogP contribution in [-0.4, -0.2) is 53.5 Å². The quantitative estimate of drug-likeness (QED) is 0.105. The van der Waals surface area contributed by atoms with Crippen LogP contribution in [0.1, 0.15) is 41.4 Å². The number of nitrogens with zero attached hydrogens (tertiary/aromatic N) is 1. The lowest BCUT2D eigenvalue weighted by Gasteiger charge is -2.27. The number of hydrogen-bond acceptors (Lipinski definition) is 6. The van der Waals surface area contributed by atoms with Gasteiger partial charge < -0.3 is 5.32 Å². The first-order valence-electron chi connectivity index (χ1n) is 11.7. The van der Waals surface area contributed by atoms with Crippen molar-refractivity contribution in [1.29, 1.82) is 0 Å². The topological polar surface area (TPSA) is 83.6 Å². The Morgan fingerprint density at radius 2 is 1.45 bits per heavy atom. The predicted octanol–water partition coefficient (Wildman–Crippen LogP) is 6.52. The number of hydrogen-bond donors (Lipinski definition) is 1. The van der Waals surface area contributed by atoms with Gasteiger partial charge in [0.25, 0.3) is 17.7 Å². The van der Waals surface area contributed by atoms with Gasteiger partial charge in [0, 0.05) is 78.4 Å². The molecule has 1 aliphatic heterocycles. The molecule has 38 heavy (non-hydrogen) atoms. The highest BCUT2D eigenvalue weighted by Gasteiger charge is 2.32. The van der Waals surface area contributed by atoms with E-state index in [0.717, 1.165) is 0 Å². The molecular formula is C28H20Cl2N2O4S2. The lowest BCUT2D eigenvalue weighted by Crippen LogP contribution is -2.41. The normalized spacial score (nSPS) is 12.8. The number of imide groups is 1. The first-order chi connectivity index (χ1) is 18.4. The first-order valence-corrected chi connectivity index (χ1v) is 14.9. The largest absolute Gasteiger partial charge is 0.351 e. The molecule has 1 heterocycles. The van der Waals surface area contributed by atoms with Crippen molar-refractivity contribution in [2.75, 3.05) is 24.6 Å². The van der Waals surface area contributed by atoms with E-state index in [0.29, 0.717) is 78.2 Å². The molecule has 0 fully saturated rings. The van der Waals surface area contributed by atoms with Crippen LogP contribution in [0.15, 0.2) is 60.7 Å². The molecular weight excluding hydrogens is 563 g/mol. The molecule has 192 valence electrons. The highest BCUT2D eigenvalue weighted by atomic mass is 35.5. The minimum Gasteiger partial charge on any atom is -0.351 e. The second-order valence-corrected chi connectivity index (χ2v) is 12.0. The Morgan fingerprint density at radius 3 is 2.18 bits per heavy atom. The van der Waals surface area contributed by atoms with Gasteiger partial charge in [-0.05, 0) is 30.3 Å². The van der Waals surface area contributed by atoms with E-state index in [4.69, 9.17) is 23.2 Å². The van der Waals surface area contributed by atoms with Crippen LogP contribution >= 0.6 is 44.8 Å². The van der Waals surface area contributed by atoms with Crippen LogP contribution in [0.5, 0.6) is 0 Å². The lowest BCUT2D eigenvalue weighted by molar-refractivity contribution is 0.0620. The molecule has 0 spiro atoms. The van der Waals surface area contributed by atoms with Crippen LogP contribution in [0.25, 0.3) is 21.5 Å². The number of aldehydes is 1. The summed E-state index contributed by atoms with van der Waals surface area (Å²) in [5.41, 5.74) is 1.76. The standard InChI is InChI=1S/C28H20Cl2N2O4S2/c29-22-9-7-19(24-16(15-33)3-1-4-17(22)24)26(34)31-11-13-37-38-14-12-32-27(35)20-6-2-5-18-23(30)10-8-21(25(18)20)28(32)36/h1-10,15H,11-14H2,(H,31,34). The smallest absolute Gasteiger partial charge is 0.261 e. The van der Waals surface area contributed by atoms with Crippen molar-refractivity contribution in [3.8, 4) is 0 Å². The predicted molar refractivity (Wildman–Crippen MR) is 156 cm³/mol. The molecule has 6 nitrogen and oxygen atoms in total. The number of benzene rings is 4. The molecule has 1 N–H and O–H groups in total. The molecule has 0 aliphatic carbocycles. The lowest BCUT2D eigenvalue weighted by atomic mass is 9.94. The highest BCUT2D eigenvalue weighted by molar-refractivity contribution is 8.76. The maximum absolute atomic E-state index is 13.0. The number of amides is 3. The van der Waals surface area contributed by atoms with Crippen molar-refractivity contribution in [2.45, 2.75) is 0 Å². The van der Waals surface area contributed by atoms with Gasteiger partial charge in [-0.3, -0.25) is 24.1 Å². The molecule has 0 bridgehead atoms. The van der Waals surface area contributed by atoms with E-state index >= 15 is 0 Å². The molecule has 5 rings (SSSR count). The summed E-state index contributed by atoms with van der Waals surface area (Å²) in [7, 11) is 3.05. The fourth-order valence-corrected chi connectivity index (χ4v) is 6.85. The van der Waals surface area contributed by atoms with Crippen molar-refractivity contribution in [3.05, 3.63) is 93.0 Å². The fraction of sp³-hybridized carbons (Fsp3) is 0.143. The number of carbonyl (C=O) groups is 4. The minimum absolute atomic E-state index is 0.269. The Morgan fingerprint density at radius 1 is 0.816 bits per heavy atom. The summed E-state index contributed by atoms with van der Waals surface area (Å²) in [6.45, 7) is 0.674. The average Bonchev–Trinajstić information content (AvgIpc) is 2.93. The van der Waals surface area contributed by atoms with Crippen molar-refractivity contribution in [3.63, 3.8) is 0 Å². The van der Waals surface area contributed by atoms with Gasteiger partial charge in [-0.2, -0.15) is 0 Å². The number of fused-ring (bicyclic) bond motifs is 1. The SMILES string of the molecule is O=Cc1cccc2c(Cl)ccc(C(=O)NCCSSCCN3C(=O)c4cccc5c(Cl)ccc(c45)C3=O)c12. The van der Waals surface area contributed by atoms with Gasteiger partial charge in [0.1, 0.15) is 0 Å². The molecule has 3 amide bonds. The van der Waals surface area contributed by atoms with Crippen LogP contribution in [0.4, 0.5) is 0 Å². The zero-order valence-corrected chi connectivity index (χ0v) is 23.0. The third-order valence-corrected chi connectivity index (χ3v) is 9.33. The van der Waals surface area contributed by atoms with E-state index < -0.39 is 0 Å². The van der Waals surface area contributed by atoms with Gasteiger partial charge in [-0.25, -0.2) is 0 Å². The number of carbonyl (C=O) groups excluding carboxylic acids is 4. The molecule has 1 aliphatic rings. The molecule has 0 unspecified atom stereocenters. The maximum Gasteiger partial charge on any atom is 0.261 e. The van der Waals surface area contributed by atoms with Gasteiger partial charge in [-0.1, -0.05) is 75.1 Å². The van der Waals surface area contributed by atoms with E-state index in [9.17, 15) is 19.2 Å². The van der Waals surface area contributed by atoms with Crippen LogP contribution in [-0.2, 0) is 0 Å². The molecule has 0 saturated carbocycles. The van der Waals surface area contributed by atoms with E-state index in [1.54, 1.807) is 54.6 Å². The Kier molecular flexibility index (Phi) is 7.95. The monoisotopic (exact) mass is 582 g/mol. The van der Waals surface area contributed by atoms with Gasteiger partial charge in [0.05, 0.1) is 0 Å². The zero-order valence-electron chi connectivity index (χ0n) is 19.8. The van der Waals surface area contributed by atoms with Crippen molar-refractivity contribution >= 4 is 90.3 Å². The third kappa shape index (κ3) is 4.89. The Balaban J connectivity index is 1.14. The summed E-state index contributed by atoms with van der Waals surface area (Å²) >= 11 is 12.5. The molecule has 0 radical (unpaired) electrons. The second kappa shape index (κ2) is 11.4. The first kappa shape index (κ1) is 26.6. The van der Waals surface area contributed by atoms with Gasteiger partial charge >= 0.3 is 0 Å². The second-order valence-electron chi connectivity index (χ2n) is 8.47. The van der Waals surface area contributed by atoms with E-state index in [1.807, 2.05) is 6.07 Å². The number of halogens is 2. The van der Waals surface area contributed by atoms with E-state index in [1.165, 1.54) is 26.5 Å². The number of rotatable bonds is 9. The van der Waals surface area contributed by atoms with Gasteiger partial charge in [0.2, 0.25) is 0 Å². The van der Waals surface area contributed by atoms with Gasteiger partial charge in [-0.15, -0.1) is 0 Å². The maximum atomic E-state index is 13.0. The van der Waals surface area contributed by atoms with Crippen LogP contribution < -0.4 is 5.32 Å². The van der Waals surface area contributed by atoms with Crippen LogP contribution in [0, 0.1) is 0 Å². The minimum atomic E-state index is -0.321. The van der Waals surface area contributed by atoms with Crippen LogP contribution in [0.2, 0.25) is 10.0 Å². The number of nitrogens with one attached hydrogen (secondary N) is 1. The molecule has 0 atom stereocenters. The Labute approximate surface area is 236 Å². The third-order valence-electron chi connectivity index (χ3n) is 6.28. The summed E-state index contributed by atoms with van der Waals surface area (Å²) in [6.07, 6.45) is 0.716.